The maximum absolute atomic E-state index is 13.3. The summed E-state index contributed by atoms with van der Waals surface area (Å²) in [6.45, 7) is 1.85. The largest absolute Gasteiger partial charge is 0.508 e. The van der Waals surface area contributed by atoms with Crippen LogP contribution in [0, 0.1) is 24.6 Å². The average Bonchev–Trinajstić information content (AvgIpc) is 2.60. The summed E-state index contributed by atoms with van der Waals surface area (Å²) in [6, 6.07) is 21.6. The molecule has 0 aliphatic rings. The van der Waals surface area contributed by atoms with Crippen molar-refractivity contribution in [3.8, 4) is 17.6 Å². The third-order valence-electron chi connectivity index (χ3n) is 3.89. The molecule has 0 saturated heterocycles. The highest BCUT2D eigenvalue weighted by molar-refractivity contribution is 5.47. The molecular weight excluding hydrogens is 299 g/mol. The number of benzene rings is 3. The maximum atomic E-state index is 13.3. The van der Waals surface area contributed by atoms with E-state index in [2.05, 4.69) is 11.8 Å². The maximum Gasteiger partial charge on any atom is 0.123 e. The van der Waals surface area contributed by atoms with E-state index in [-0.39, 0.29) is 17.5 Å². The first-order valence-corrected chi connectivity index (χ1v) is 7.75. The quantitative estimate of drug-likeness (QED) is 0.658. The van der Waals surface area contributed by atoms with Crippen molar-refractivity contribution in [1.82, 2.24) is 0 Å². The summed E-state index contributed by atoms with van der Waals surface area (Å²) in [5.41, 5.74) is 3.62. The first kappa shape index (κ1) is 15.8. The Hall–Kier alpha value is -3.05. The molecule has 0 fully saturated rings. The summed E-state index contributed by atoms with van der Waals surface area (Å²) in [4.78, 5) is 0. The van der Waals surface area contributed by atoms with Crippen LogP contribution in [-0.4, -0.2) is 5.11 Å². The standard InChI is InChI=1S/C22H17FO/c1-16-15-19(10-14-22(16)24)21(18-8-11-20(23)12-9-18)13-7-17-5-3-2-4-6-17/h2-6,8-12,14-15,21,24H,1H3. The summed E-state index contributed by atoms with van der Waals surface area (Å²) in [5, 5.41) is 9.75. The Labute approximate surface area is 141 Å². The molecule has 0 bridgehead atoms. The predicted octanol–water partition coefficient (Wildman–Crippen LogP) is 5.02. The van der Waals surface area contributed by atoms with Gasteiger partial charge in [-0.05, 0) is 53.9 Å². The Bertz CT molecular complexity index is 887. The number of halogens is 1. The minimum atomic E-state index is -0.268. The number of rotatable bonds is 2. The van der Waals surface area contributed by atoms with Gasteiger partial charge < -0.3 is 5.11 Å². The SMILES string of the molecule is Cc1cc(C(C#Cc2ccccc2)c2ccc(F)cc2)ccc1O. The first-order valence-electron chi connectivity index (χ1n) is 7.75. The van der Waals surface area contributed by atoms with Crippen molar-refractivity contribution in [2.24, 2.45) is 0 Å². The lowest BCUT2D eigenvalue weighted by molar-refractivity contribution is 0.471. The lowest BCUT2D eigenvalue weighted by atomic mass is 9.90. The van der Waals surface area contributed by atoms with Gasteiger partial charge in [-0.3, -0.25) is 0 Å². The lowest BCUT2D eigenvalue weighted by Gasteiger charge is -2.13. The van der Waals surface area contributed by atoms with Crippen molar-refractivity contribution in [3.63, 3.8) is 0 Å². The van der Waals surface area contributed by atoms with Gasteiger partial charge in [0, 0.05) is 5.56 Å². The van der Waals surface area contributed by atoms with E-state index in [0.29, 0.717) is 0 Å². The van der Waals surface area contributed by atoms with Crippen LogP contribution in [-0.2, 0) is 0 Å². The number of phenolic OH excluding ortho intramolecular Hbond substituents is 1. The molecule has 1 nitrogen and oxygen atoms in total. The van der Waals surface area contributed by atoms with E-state index in [1.165, 1.54) is 12.1 Å². The van der Waals surface area contributed by atoms with Gasteiger partial charge in [0.15, 0.2) is 0 Å². The molecule has 1 N–H and O–H groups in total. The van der Waals surface area contributed by atoms with Gasteiger partial charge >= 0.3 is 0 Å². The van der Waals surface area contributed by atoms with Gasteiger partial charge in [0.25, 0.3) is 0 Å². The second-order valence-corrected chi connectivity index (χ2v) is 5.67. The molecule has 0 aromatic heterocycles. The van der Waals surface area contributed by atoms with Crippen molar-refractivity contribution >= 4 is 0 Å². The van der Waals surface area contributed by atoms with E-state index in [4.69, 9.17) is 0 Å². The fraction of sp³-hybridized carbons (Fsp3) is 0.0909. The molecule has 0 saturated carbocycles. The van der Waals surface area contributed by atoms with Crippen molar-refractivity contribution < 1.29 is 9.50 Å². The van der Waals surface area contributed by atoms with E-state index in [1.54, 1.807) is 18.2 Å². The van der Waals surface area contributed by atoms with Crippen molar-refractivity contribution in [1.29, 1.82) is 0 Å². The van der Waals surface area contributed by atoms with Crippen LogP contribution < -0.4 is 0 Å². The van der Waals surface area contributed by atoms with Gasteiger partial charge in [-0.2, -0.15) is 0 Å². The van der Waals surface area contributed by atoms with Crippen LogP contribution in [0.5, 0.6) is 5.75 Å². The topological polar surface area (TPSA) is 20.2 Å². The van der Waals surface area contributed by atoms with Gasteiger partial charge in [-0.25, -0.2) is 4.39 Å². The molecule has 0 aliphatic carbocycles. The zero-order valence-electron chi connectivity index (χ0n) is 13.3. The molecule has 0 heterocycles. The molecule has 3 aromatic rings. The zero-order valence-corrected chi connectivity index (χ0v) is 13.3. The van der Waals surface area contributed by atoms with E-state index in [1.807, 2.05) is 49.4 Å². The van der Waals surface area contributed by atoms with Gasteiger partial charge in [0.05, 0.1) is 5.92 Å². The van der Waals surface area contributed by atoms with Crippen LogP contribution in [0.25, 0.3) is 0 Å². The van der Waals surface area contributed by atoms with E-state index in [9.17, 15) is 9.50 Å². The minimum absolute atomic E-state index is 0.190. The highest BCUT2D eigenvalue weighted by Crippen LogP contribution is 2.28. The van der Waals surface area contributed by atoms with Crippen LogP contribution >= 0.6 is 0 Å². The molecule has 3 aromatic carbocycles. The highest BCUT2D eigenvalue weighted by Gasteiger charge is 2.13. The van der Waals surface area contributed by atoms with Gasteiger partial charge in [-0.1, -0.05) is 54.3 Å². The molecule has 1 atom stereocenters. The third-order valence-corrected chi connectivity index (χ3v) is 3.89. The normalized spacial score (nSPS) is 11.4. The van der Waals surface area contributed by atoms with E-state index in [0.717, 1.165) is 22.3 Å². The number of aryl methyl sites for hydroxylation is 1. The summed E-state index contributed by atoms with van der Waals surface area (Å²) >= 11 is 0. The van der Waals surface area contributed by atoms with Gasteiger partial charge in [0.1, 0.15) is 11.6 Å². The number of phenols is 1. The Morgan fingerprint density at radius 1 is 0.875 bits per heavy atom. The molecule has 2 heteroatoms. The van der Waals surface area contributed by atoms with Crippen molar-refractivity contribution in [2.75, 3.05) is 0 Å². The van der Waals surface area contributed by atoms with E-state index < -0.39 is 0 Å². The molecule has 118 valence electrons. The molecule has 1 unspecified atom stereocenters. The highest BCUT2D eigenvalue weighted by atomic mass is 19.1. The molecule has 0 radical (unpaired) electrons. The summed E-state index contributed by atoms with van der Waals surface area (Å²) in [6.07, 6.45) is 0. The monoisotopic (exact) mass is 316 g/mol. The van der Waals surface area contributed by atoms with Crippen molar-refractivity contribution in [2.45, 2.75) is 12.8 Å². The van der Waals surface area contributed by atoms with Crippen LogP contribution in [0.4, 0.5) is 4.39 Å². The predicted molar refractivity (Wildman–Crippen MR) is 94.4 cm³/mol. The number of hydrogen-bond acceptors (Lipinski definition) is 1. The fourth-order valence-corrected chi connectivity index (χ4v) is 2.55. The smallest absolute Gasteiger partial charge is 0.123 e. The molecule has 0 aliphatic heterocycles. The molecular formula is C22H17FO. The summed E-state index contributed by atoms with van der Waals surface area (Å²) in [5.74, 6) is 6.26. The van der Waals surface area contributed by atoms with E-state index >= 15 is 0 Å². The van der Waals surface area contributed by atoms with Crippen LogP contribution in [0.2, 0.25) is 0 Å². The van der Waals surface area contributed by atoms with Crippen LogP contribution in [0.1, 0.15) is 28.2 Å². The second kappa shape index (κ2) is 7.02. The van der Waals surface area contributed by atoms with Gasteiger partial charge in [0.2, 0.25) is 0 Å². The Morgan fingerprint density at radius 2 is 1.54 bits per heavy atom. The zero-order chi connectivity index (χ0) is 16.9. The second-order valence-electron chi connectivity index (χ2n) is 5.67. The molecule has 3 rings (SSSR count). The summed E-state index contributed by atoms with van der Waals surface area (Å²) < 4.78 is 13.3. The number of hydrogen-bond donors (Lipinski definition) is 1. The minimum Gasteiger partial charge on any atom is -0.508 e. The third kappa shape index (κ3) is 3.64. The molecule has 0 amide bonds. The Balaban J connectivity index is 2.05. The van der Waals surface area contributed by atoms with Crippen LogP contribution in [0.3, 0.4) is 0 Å². The van der Waals surface area contributed by atoms with Gasteiger partial charge in [-0.15, -0.1) is 0 Å². The Kier molecular flexibility index (Phi) is 4.63. The fourth-order valence-electron chi connectivity index (χ4n) is 2.55. The van der Waals surface area contributed by atoms with Crippen LogP contribution in [0.15, 0.2) is 72.8 Å². The Morgan fingerprint density at radius 3 is 2.21 bits per heavy atom. The lowest BCUT2D eigenvalue weighted by Crippen LogP contribution is -1.99. The van der Waals surface area contributed by atoms with Crippen molar-refractivity contribution in [3.05, 3.63) is 101 Å². The number of aromatic hydroxyl groups is 1. The molecule has 0 spiro atoms. The molecule has 24 heavy (non-hydrogen) atoms. The summed E-state index contributed by atoms with van der Waals surface area (Å²) in [7, 11) is 0. The average molecular weight is 316 g/mol. The first-order chi connectivity index (χ1) is 11.6.